The maximum atomic E-state index is 12.6. The highest BCUT2D eigenvalue weighted by Gasteiger charge is 2.32. The van der Waals surface area contributed by atoms with Gasteiger partial charge in [-0.1, -0.05) is 0 Å². The summed E-state index contributed by atoms with van der Waals surface area (Å²) < 4.78 is 1.91. The molecule has 0 aliphatic carbocycles. The van der Waals surface area contributed by atoms with E-state index in [9.17, 15) is 4.79 Å². The highest BCUT2D eigenvalue weighted by Crippen LogP contribution is 2.31. The van der Waals surface area contributed by atoms with Gasteiger partial charge in [0.25, 0.3) is 0 Å². The first-order valence-corrected chi connectivity index (χ1v) is 8.39. The second-order valence-corrected chi connectivity index (χ2v) is 6.08. The number of nitrogens with one attached hydrogen (secondary N) is 1. The van der Waals surface area contributed by atoms with Crippen LogP contribution in [0.1, 0.15) is 31.1 Å². The van der Waals surface area contributed by atoms with Gasteiger partial charge in [-0.2, -0.15) is 5.10 Å². The lowest BCUT2D eigenvalue weighted by molar-refractivity contribution is -0.132. The van der Waals surface area contributed by atoms with E-state index < -0.39 is 0 Å². The molecular formula is C17H19N7O. The Morgan fingerprint density at radius 1 is 1.32 bits per heavy atom. The van der Waals surface area contributed by atoms with Crippen molar-refractivity contribution in [3.8, 4) is 11.4 Å². The van der Waals surface area contributed by atoms with Crippen LogP contribution in [0, 0.1) is 0 Å². The van der Waals surface area contributed by atoms with Gasteiger partial charge in [0.15, 0.2) is 5.82 Å². The van der Waals surface area contributed by atoms with Crippen molar-refractivity contribution in [2.24, 2.45) is 0 Å². The minimum absolute atomic E-state index is 0.0341. The van der Waals surface area contributed by atoms with Crippen LogP contribution >= 0.6 is 0 Å². The number of imidazole rings is 1. The Balaban J connectivity index is 1.46. The van der Waals surface area contributed by atoms with Gasteiger partial charge in [0.05, 0.1) is 12.4 Å². The van der Waals surface area contributed by atoms with Gasteiger partial charge < -0.3 is 9.47 Å². The van der Waals surface area contributed by atoms with Crippen LogP contribution in [0.2, 0.25) is 0 Å². The fourth-order valence-corrected chi connectivity index (χ4v) is 3.18. The van der Waals surface area contributed by atoms with Crippen molar-refractivity contribution in [1.82, 2.24) is 34.6 Å². The standard InChI is InChI=1S/C17H19N7O/c25-15(5-9-23-10-7-19-12-23)24-8-2-4-14(24)17-20-16(21-22-17)13-3-1-6-18-11-13/h1,3,6-7,10-12,14H,2,4-5,8-9H2,(H,20,21,22). The number of amides is 1. The molecule has 1 amide bonds. The number of likely N-dealkylation sites (tertiary alicyclic amines) is 1. The van der Waals surface area contributed by atoms with Gasteiger partial charge >= 0.3 is 0 Å². The van der Waals surface area contributed by atoms with E-state index in [0.717, 1.165) is 30.8 Å². The third-order valence-electron chi connectivity index (χ3n) is 4.45. The average molecular weight is 337 g/mol. The molecule has 1 saturated heterocycles. The minimum Gasteiger partial charge on any atom is -0.337 e. The molecule has 1 fully saturated rings. The van der Waals surface area contributed by atoms with Gasteiger partial charge in [0, 0.05) is 49.9 Å². The van der Waals surface area contributed by atoms with Crippen LogP contribution in [0.15, 0.2) is 43.2 Å². The molecule has 1 unspecified atom stereocenters. The van der Waals surface area contributed by atoms with Crippen molar-refractivity contribution < 1.29 is 4.79 Å². The predicted octanol–water partition coefficient (Wildman–Crippen LogP) is 1.82. The number of carbonyl (C=O) groups excluding carboxylic acids is 1. The molecule has 1 aliphatic heterocycles. The lowest BCUT2D eigenvalue weighted by Gasteiger charge is -2.23. The summed E-state index contributed by atoms with van der Waals surface area (Å²) in [6, 6.07) is 3.74. The van der Waals surface area contributed by atoms with E-state index in [1.54, 1.807) is 24.9 Å². The van der Waals surface area contributed by atoms with Gasteiger partial charge in [-0.05, 0) is 25.0 Å². The first-order valence-electron chi connectivity index (χ1n) is 8.39. The molecule has 0 spiro atoms. The quantitative estimate of drug-likeness (QED) is 0.766. The van der Waals surface area contributed by atoms with E-state index >= 15 is 0 Å². The fourth-order valence-electron chi connectivity index (χ4n) is 3.18. The van der Waals surface area contributed by atoms with Gasteiger partial charge in [0.2, 0.25) is 5.91 Å². The van der Waals surface area contributed by atoms with Crippen LogP contribution in [0.5, 0.6) is 0 Å². The summed E-state index contributed by atoms with van der Waals surface area (Å²) in [5.41, 5.74) is 0.862. The number of H-pyrrole nitrogens is 1. The fraction of sp³-hybridized carbons (Fsp3) is 0.353. The molecule has 4 heterocycles. The molecule has 3 aromatic rings. The molecular weight excluding hydrogens is 318 g/mol. The van der Waals surface area contributed by atoms with E-state index in [2.05, 4.69) is 25.1 Å². The summed E-state index contributed by atoms with van der Waals surface area (Å²) in [7, 11) is 0. The van der Waals surface area contributed by atoms with Crippen LogP contribution in [0.25, 0.3) is 11.4 Å². The topological polar surface area (TPSA) is 92.6 Å². The van der Waals surface area contributed by atoms with E-state index in [1.165, 1.54) is 0 Å². The number of rotatable bonds is 5. The first-order chi connectivity index (χ1) is 12.3. The predicted molar refractivity (Wildman–Crippen MR) is 90.1 cm³/mol. The third-order valence-corrected chi connectivity index (χ3v) is 4.45. The number of hydrogen-bond donors (Lipinski definition) is 1. The molecule has 0 aromatic carbocycles. The molecule has 8 heteroatoms. The maximum absolute atomic E-state index is 12.6. The molecule has 0 saturated carbocycles. The molecule has 0 radical (unpaired) electrons. The summed E-state index contributed by atoms with van der Waals surface area (Å²) >= 11 is 0. The Labute approximate surface area is 144 Å². The van der Waals surface area contributed by atoms with Crippen LogP contribution < -0.4 is 0 Å². The zero-order valence-corrected chi connectivity index (χ0v) is 13.7. The van der Waals surface area contributed by atoms with Crippen molar-refractivity contribution in [2.75, 3.05) is 6.54 Å². The molecule has 0 bridgehead atoms. The number of aromatic amines is 1. The Bertz CT molecular complexity index is 828. The molecule has 25 heavy (non-hydrogen) atoms. The molecule has 1 aliphatic rings. The Morgan fingerprint density at radius 3 is 3.08 bits per heavy atom. The van der Waals surface area contributed by atoms with Crippen LogP contribution in [0.3, 0.4) is 0 Å². The van der Waals surface area contributed by atoms with Gasteiger partial charge in [-0.15, -0.1) is 0 Å². The summed E-state index contributed by atoms with van der Waals surface area (Å²) in [6.45, 7) is 1.40. The highest BCUT2D eigenvalue weighted by atomic mass is 16.2. The lowest BCUT2D eigenvalue weighted by Crippen LogP contribution is -2.31. The number of aryl methyl sites for hydroxylation is 1. The second kappa shape index (κ2) is 6.84. The maximum Gasteiger partial charge on any atom is 0.224 e. The first kappa shape index (κ1) is 15.5. The van der Waals surface area contributed by atoms with Crippen molar-refractivity contribution in [2.45, 2.75) is 31.8 Å². The van der Waals surface area contributed by atoms with Gasteiger partial charge in [0.1, 0.15) is 5.82 Å². The summed E-state index contributed by atoms with van der Waals surface area (Å²) in [6.07, 6.45) is 11.1. The van der Waals surface area contributed by atoms with Crippen LogP contribution in [-0.4, -0.2) is 47.1 Å². The van der Waals surface area contributed by atoms with E-state index in [-0.39, 0.29) is 11.9 Å². The second-order valence-electron chi connectivity index (χ2n) is 6.08. The Kier molecular flexibility index (Phi) is 4.24. The van der Waals surface area contributed by atoms with Gasteiger partial charge in [-0.3, -0.25) is 14.9 Å². The zero-order chi connectivity index (χ0) is 17.1. The number of nitrogens with zero attached hydrogens (tertiary/aromatic N) is 6. The largest absolute Gasteiger partial charge is 0.337 e. The van der Waals surface area contributed by atoms with Crippen molar-refractivity contribution >= 4 is 5.91 Å². The molecule has 8 nitrogen and oxygen atoms in total. The van der Waals surface area contributed by atoms with Crippen molar-refractivity contribution in [1.29, 1.82) is 0 Å². The summed E-state index contributed by atoms with van der Waals surface area (Å²) in [4.78, 5) is 27.2. The normalized spacial score (nSPS) is 17.1. The minimum atomic E-state index is -0.0341. The third kappa shape index (κ3) is 3.28. The summed E-state index contributed by atoms with van der Waals surface area (Å²) in [5, 5.41) is 7.29. The van der Waals surface area contributed by atoms with Crippen molar-refractivity contribution in [3.63, 3.8) is 0 Å². The van der Waals surface area contributed by atoms with Gasteiger partial charge in [-0.25, -0.2) is 9.97 Å². The average Bonchev–Trinajstić information content (AvgIpc) is 3.41. The number of pyridine rings is 1. The molecule has 1 atom stereocenters. The molecule has 4 rings (SSSR count). The Hall–Kier alpha value is -3.03. The molecule has 3 aromatic heterocycles. The zero-order valence-electron chi connectivity index (χ0n) is 13.7. The number of aromatic nitrogens is 6. The SMILES string of the molecule is O=C(CCn1ccnc1)N1CCCC1c1nc(-c2cccnc2)n[nH]1. The number of hydrogen-bond acceptors (Lipinski definition) is 5. The molecule has 1 N–H and O–H groups in total. The van der Waals surface area contributed by atoms with E-state index in [1.807, 2.05) is 27.8 Å². The van der Waals surface area contributed by atoms with Crippen molar-refractivity contribution in [3.05, 3.63) is 49.1 Å². The highest BCUT2D eigenvalue weighted by molar-refractivity contribution is 5.76. The smallest absolute Gasteiger partial charge is 0.224 e. The monoisotopic (exact) mass is 337 g/mol. The summed E-state index contributed by atoms with van der Waals surface area (Å²) in [5.74, 6) is 1.49. The Morgan fingerprint density at radius 2 is 2.28 bits per heavy atom. The molecule has 128 valence electrons. The van der Waals surface area contributed by atoms with Crippen LogP contribution in [-0.2, 0) is 11.3 Å². The van der Waals surface area contributed by atoms with E-state index in [0.29, 0.717) is 18.8 Å². The van der Waals surface area contributed by atoms with Crippen LogP contribution in [0.4, 0.5) is 0 Å². The number of carbonyl (C=O) groups is 1. The van der Waals surface area contributed by atoms with E-state index in [4.69, 9.17) is 0 Å². The lowest BCUT2D eigenvalue weighted by atomic mass is 10.2.